The molecule has 0 fully saturated rings. The molecule has 2 amide bonds. The molecule has 0 N–H and O–H groups in total. The van der Waals surface area contributed by atoms with Gasteiger partial charge in [0.15, 0.2) is 5.82 Å². The van der Waals surface area contributed by atoms with Crippen molar-refractivity contribution >= 4 is 57.8 Å². The molecular weight excluding hydrogens is 595 g/mol. The zero-order chi connectivity index (χ0) is 28.6. The van der Waals surface area contributed by atoms with Gasteiger partial charge in [0.05, 0.1) is 11.9 Å². The van der Waals surface area contributed by atoms with Crippen molar-refractivity contribution in [3.63, 3.8) is 0 Å². The van der Waals surface area contributed by atoms with Gasteiger partial charge in [-0.15, -0.1) is 0 Å². The topological polar surface area (TPSA) is 122 Å². The number of rotatable bonds is 4. The molecule has 0 radical (unpaired) electrons. The van der Waals surface area contributed by atoms with E-state index in [1.807, 2.05) is 0 Å². The molecular formula is C25H37IN4O7. The third kappa shape index (κ3) is 9.00. The van der Waals surface area contributed by atoms with Gasteiger partial charge >= 0.3 is 18.3 Å². The SMILES string of the molecule is CC(C)(C)OC(=O)OC(C)(C)Cn1cc(I)c2c(N(C(=O)OC(C)(C)C)C(=O)OC(C)(C)C)ncnc21. The van der Waals surface area contributed by atoms with Gasteiger partial charge in [0.2, 0.25) is 0 Å². The van der Waals surface area contributed by atoms with Crippen LogP contribution >= 0.6 is 22.6 Å². The molecule has 2 aromatic heterocycles. The monoisotopic (exact) mass is 632 g/mol. The van der Waals surface area contributed by atoms with Crippen LogP contribution in [0.3, 0.4) is 0 Å². The van der Waals surface area contributed by atoms with Crippen molar-refractivity contribution in [2.24, 2.45) is 0 Å². The number of aromatic nitrogens is 3. The standard InChI is InChI=1S/C25H37IN4O7/c1-22(2,3)34-19(31)30(20(32)35-23(4,5)6)18-16-15(26)12-29(17(16)27-14-28-18)13-25(10,11)37-21(33)36-24(7,8)9/h12,14H,13H2,1-11H3. The lowest BCUT2D eigenvalue weighted by Gasteiger charge is -2.28. The Hall–Kier alpha value is -2.64. The molecule has 0 aliphatic rings. The van der Waals surface area contributed by atoms with Crippen molar-refractivity contribution in [2.45, 2.75) is 105 Å². The number of nitrogens with zero attached hydrogens (tertiary/aromatic N) is 4. The van der Waals surface area contributed by atoms with Gasteiger partial charge in [-0.05, 0) is 98.8 Å². The molecule has 0 spiro atoms. The molecule has 11 nitrogen and oxygen atoms in total. The Bertz CT molecular complexity index is 1140. The van der Waals surface area contributed by atoms with E-state index < -0.39 is 40.7 Å². The molecule has 206 valence electrons. The van der Waals surface area contributed by atoms with Crippen molar-refractivity contribution in [2.75, 3.05) is 4.90 Å². The van der Waals surface area contributed by atoms with Gasteiger partial charge in [-0.25, -0.2) is 24.4 Å². The smallest absolute Gasteiger partial charge is 0.443 e. The minimum Gasteiger partial charge on any atom is -0.443 e. The highest BCUT2D eigenvalue weighted by Gasteiger charge is 2.36. The molecule has 12 heteroatoms. The lowest BCUT2D eigenvalue weighted by atomic mass is 10.1. The highest BCUT2D eigenvalue weighted by Crippen LogP contribution is 2.32. The maximum atomic E-state index is 13.2. The van der Waals surface area contributed by atoms with E-state index in [2.05, 4.69) is 32.6 Å². The lowest BCUT2D eigenvalue weighted by Crippen LogP contribution is -2.44. The molecule has 37 heavy (non-hydrogen) atoms. The van der Waals surface area contributed by atoms with Crippen LogP contribution in [-0.2, 0) is 25.5 Å². The van der Waals surface area contributed by atoms with E-state index >= 15 is 0 Å². The van der Waals surface area contributed by atoms with Crippen LogP contribution in [0.4, 0.5) is 20.2 Å². The highest BCUT2D eigenvalue weighted by molar-refractivity contribution is 14.1. The predicted octanol–water partition coefficient (Wildman–Crippen LogP) is 6.44. The number of amides is 2. The van der Waals surface area contributed by atoms with E-state index in [4.69, 9.17) is 18.9 Å². The molecule has 0 atom stereocenters. The number of imide groups is 1. The van der Waals surface area contributed by atoms with Crippen LogP contribution in [0.1, 0.15) is 76.2 Å². The van der Waals surface area contributed by atoms with Gasteiger partial charge in [-0.3, -0.25) is 0 Å². The summed E-state index contributed by atoms with van der Waals surface area (Å²) in [5.41, 5.74) is -2.99. The zero-order valence-corrected chi connectivity index (χ0v) is 25.5. The maximum Gasteiger partial charge on any atom is 0.509 e. The second-order valence-corrected chi connectivity index (χ2v) is 13.3. The third-order valence-corrected chi connectivity index (χ3v) is 5.07. The van der Waals surface area contributed by atoms with Crippen LogP contribution in [0, 0.1) is 3.57 Å². The Balaban J connectivity index is 2.53. The normalized spacial score (nSPS) is 12.8. The quantitative estimate of drug-likeness (QED) is 0.213. The lowest BCUT2D eigenvalue weighted by molar-refractivity contribution is -0.0580. The second-order valence-electron chi connectivity index (χ2n) is 12.1. The van der Waals surface area contributed by atoms with E-state index in [0.29, 0.717) is 14.6 Å². The van der Waals surface area contributed by atoms with E-state index in [0.717, 1.165) is 4.90 Å². The van der Waals surface area contributed by atoms with Gasteiger partial charge < -0.3 is 23.5 Å². The first-order valence-electron chi connectivity index (χ1n) is 11.8. The van der Waals surface area contributed by atoms with Gasteiger partial charge in [-0.2, -0.15) is 4.90 Å². The zero-order valence-electron chi connectivity index (χ0n) is 23.4. The van der Waals surface area contributed by atoms with Crippen LogP contribution in [0.2, 0.25) is 0 Å². The van der Waals surface area contributed by atoms with Crippen molar-refractivity contribution in [1.82, 2.24) is 14.5 Å². The van der Waals surface area contributed by atoms with E-state index in [-0.39, 0.29) is 12.4 Å². The third-order valence-electron chi connectivity index (χ3n) is 4.25. The molecule has 0 aromatic carbocycles. The van der Waals surface area contributed by atoms with E-state index in [1.165, 1.54) is 6.33 Å². The Morgan fingerprint density at radius 2 is 1.30 bits per heavy atom. The molecule has 2 heterocycles. The van der Waals surface area contributed by atoms with E-state index in [1.54, 1.807) is 86.9 Å². The molecule has 0 saturated heterocycles. The van der Waals surface area contributed by atoms with E-state index in [9.17, 15) is 14.4 Å². The first-order chi connectivity index (χ1) is 16.6. The minimum atomic E-state index is -0.974. The van der Waals surface area contributed by atoms with Gasteiger partial charge in [0, 0.05) is 9.77 Å². The van der Waals surface area contributed by atoms with Crippen LogP contribution in [0.15, 0.2) is 12.5 Å². The van der Waals surface area contributed by atoms with Crippen molar-refractivity contribution in [3.8, 4) is 0 Å². The number of hydrogen-bond acceptors (Lipinski definition) is 9. The molecule has 0 bridgehead atoms. The Morgan fingerprint density at radius 3 is 1.76 bits per heavy atom. The number of hydrogen-bond donors (Lipinski definition) is 0. The minimum absolute atomic E-state index is 0.0162. The number of fused-ring (bicyclic) bond motifs is 1. The molecule has 0 saturated carbocycles. The molecule has 2 aromatic rings. The first kappa shape index (κ1) is 30.6. The molecule has 0 unspecified atom stereocenters. The number of halogens is 1. The van der Waals surface area contributed by atoms with Crippen molar-refractivity contribution in [3.05, 3.63) is 16.1 Å². The largest absolute Gasteiger partial charge is 0.509 e. The maximum absolute atomic E-state index is 13.2. The predicted molar refractivity (Wildman–Crippen MR) is 147 cm³/mol. The summed E-state index contributed by atoms with van der Waals surface area (Å²) in [6.07, 6.45) is 0.359. The van der Waals surface area contributed by atoms with Gasteiger partial charge in [0.1, 0.15) is 34.4 Å². The summed E-state index contributed by atoms with van der Waals surface area (Å²) < 4.78 is 24.2. The Labute approximate surface area is 231 Å². The summed E-state index contributed by atoms with van der Waals surface area (Å²) in [5.74, 6) is 0.0162. The number of anilines is 1. The molecule has 0 aliphatic carbocycles. The number of ether oxygens (including phenoxy) is 4. The summed E-state index contributed by atoms with van der Waals surface area (Å²) in [6.45, 7) is 19.1. The van der Waals surface area contributed by atoms with Crippen molar-refractivity contribution in [1.29, 1.82) is 0 Å². The summed E-state index contributed by atoms with van der Waals surface area (Å²) in [6, 6.07) is 0. The summed E-state index contributed by atoms with van der Waals surface area (Å²) in [5, 5.41) is 0.438. The summed E-state index contributed by atoms with van der Waals surface area (Å²) >= 11 is 2.07. The highest BCUT2D eigenvalue weighted by atomic mass is 127. The number of carbonyl (C=O) groups is 3. The van der Waals surface area contributed by atoms with Crippen LogP contribution in [0.25, 0.3) is 11.0 Å². The van der Waals surface area contributed by atoms with Crippen molar-refractivity contribution < 1.29 is 33.3 Å². The van der Waals surface area contributed by atoms with Crippen LogP contribution in [-0.4, -0.2) is 55.3 Å². The van der Waals surface area contributed by atoms with Gasteiger partial charge in [0.25, 0.3) is 0 Å². The Kier molecular flexibility index (Phi) is 8.78. The average Bonchev–Trinajstić information content (AvgIpc) is 2.92. The fourth-order valence-corrected chi connectivity index (χ4v) is 3.97. The molecule has 2 rings (SSSR count). The average molecular weight is 632 g/mol. The fraction of sp³-hybridized carbons (Fsp3) is 0.640. The number of carbonyl (C=O) groups excluding carboxylic acids is 3. The molecule has 0 aliphatic heterocycles. The van der Waals surface area contributed by atoms with Crippen LogP contribution in [0.5, 0.6) is 0 Å². The summed E-state index contributed by atoms with van der Waals surface area (Å²) in [4.78, 5) is 48.0. The van der Waals surface area contributed by atoms with Crippen LogP contribution < -0.4 is 4.90 Å². The summed E-state index contributed by atoms with van der Waals surface area (Å²) in [7, 11) is 0. The first-order valence-corrected chi connectivity index (χ1v) is 12.8. The second kappa shape index (κ2) is 10.6. The Morgan fingerprint density at radius 1 is 0.811 bits per heavy atom. The fourth-order valence-electron chi connectivity index (χ4n) is 3.15. The van der Waals surface area contributed by atoms with Gasteiger partial charge in [-0.1, -0.05) is 0 Å².